The molecule has 0 heterocycles. The molecule has 2 aromatic rings. The Hall–Kier alpha value is -1.81. The molecule has 0 aliphatic rings. The summed E-state index contributed by atoms with van der Waals surface area (Å²) in [6.07, 6.45) is 0. The summed E-state index contributed by atoms with van der Waals surface area (Å²) >= 11 is 3.36. The number of halogens is 1. The lowest BCUT2D eigenvalue weighted by molar-refractivity contribution is 0.0785. The number of carbonyl (C=O) groups is 1. The first-order valence-electron chi connectivity index (χ1n) is 6.33. The van der Waals surface area contributed by atoms with Crippen molar-refractivity contribution in [3.05, 3.63) is 63.6 Å². The minimum Gasteiger partial charge on any atom is -0.399 e. The fourth-order valence-corrected chi connectivity index (χ4v) is 2.62. The summed E-state index contributed by atoms with van der Waals surface area (Å²) in [6, 6.07) is 13.4. The van der Waals surface area contributed by atoms with Gasteiger partial charge in [0.05, 0.1) is 0 Å². The highest BCUT2D eigenvalue weighted by molar-refractivity contribution is 9.10. The Labute approximate surface area is 127 Å². The predicted molar refractivity (Wildman–Crippen MR) is 85.5 cm³/mol. The van der Waals surface area contributed by atoms with E-state index in [0.29, 0.717) is 17.8 Å². The Morgan fingerprint density at radius 2 is 2.00 bits per heavy atom. The van der Waals surface area contributed by atoms with E-state index in [9.17, 15) is 4.79 Å². The SMILES string of the molecule is Cc1cccc(CN(C)C(=O)c2cc(N)cc(Br)c2)c1. The number of hydrogen-bond acceptors (Lipinski definition) is 2. The number of nitrogens with zero attached hydrogens (tertiary/aromatic N) is 1. The van der Waals surface area contributed by atoms with E-state index >= 15 is 0 Å². The summed E-state index contributed by atoms with van der Waals surface area (Å²) in [7, 11) is 1.79. The normalized spacial score (nSPS) is 10.3. The molecule has 0 aliphatic heterocycles. The highest BCUT2D eigenvalue weighted by Gasteiger charge is 2.13. The van der Waals surface area contributed by atoms with Crippen molar-refractivity contribution < 1.29 is 4.79 Å². The van der Waals surface area contributed by atoms with Crippen LogP contribution in [0.1, 0.15) is 21.5 Å². The van der Waals surface area contributed by atoms with Crippen molar-refractivity contribution in [1.29, 1.82) is 0 Å². The molecule has 20 heavy (non-hydrogen) atoms. The monoisotopic (exact) mass is 332 g/mol. The smallest absolute Gasteiger partial charge is 0.254 e. The summed E-state index contributed by atoms with van der Waals surface area (Å²) in [5.41, 5.74) is 9.24. The van der Waals surface area contributed by atoms with Crippen molar-refractivity contribution >= 4 is 27.5 Å². The number of benzene rings is 2. The van der Waals surface area contributed by atoms with Crippen LogP contribution in [-0.2, 0) is 6.54 Å². The number of nitrogen functional groups attached to an aromatic ring is 1. The van der Waals surface area contributed by atoms with Gasteiger partial charge in [0.2, 0.25) is 0 Å². The van der Waals surface area contributed by atoms with Gasteiger partial charge in [-0.1, -0.05) is 45.8 Å². The first kappa shape index (κ1) is 14.6. The van der Waals surface area contributed by atoms with Gasteiger partial charge >= 0.3 is 0 Å². The largest absolute Gasteiger partial charge is 0.399 e. The second-order valence-corrected chi connectivity index (χ2v) is 5.84. The molecule has 0 atom stereocenters. The molecule has 1 amide bonds. The quantitative estimate of drug-likeness (QED) is 0.872. The van der Waals surface area contributed by atoms with Crippen LogP contribution in [0.25, 0.3) is 0 Å². The number of anilines is 1. The van der Waals surface area contributed by atoms with Crippen LogP contribution in [0.3, 0.4) is 0 Å². The number of amides is 1. The number of carbonyl (C=O) groups excluding carboxylic acids is 1. The van der Waals surface area contributed by atoms with Crippen LogP contribution >= 0.6 is 15.9 Å². The number of aryl methyl sites for hydroxylation is 1. The topological polar surface area (TPSA) is 46.3 Å². The molecule has 0 spiro atoms. The summed E-state index contributed by atoms with van der Waals surface area (Å²) in [5.74, 6) is -0.0421. The van der Waals surface area contributed by atoms with Crippen LogP contribution in [0.2, 0.25) is 0 Å². The van der Waals surface area contributed by atoms with E-state index < -0.39 is 0 Å². The van der Waals surface area contributed by atoms with Gasteiger partial charge in [-0.3, -0.25) is 4.79 Å². The molecule has 0 aromatic heterocycles. The van der Waals surface area contributed by atoms with Crippen LogP contribution < -0.4 is 5.73 Å². The highest BCUT2D eigenvalue weighted by atomic mass is 79.9. The summed E-state index contributed by atoms with van der Waals surface area (Å²) in [6.45, 7) is 2.62. The molecule has 0 saturated carbocycles. The Balaban J connectivity index is 2.16. The minimum atomic E-state index is -0.0421. The van der Waals surface area contributed by atoms with Gasteiger partial charge in [0, 0.05) is 29.3 Å². The fourth-order valence-electron chi connectivity index (χ4n) is 2.11. The molecule has 3 nitrogen and oxygen atoms in total. The maximum atomic E-state index is 12.4. The zero-order valence-corrected chi connectivity index (χ0v) is 13.1. The number of nitrogens with two attached hydrogens (primary N) is 1. The van der Waals surface area contributed by atoms with Crippen LogP contribution in [0.5, 0.6) is 0 Å². The number of rotatable bonds is 3. The van der Waals surface area contributed by atoms with Crippen molar-refractivity contribution in [2.24, 2.45) is 0 Å². The first-order valence-corrected chi connectivity index (χ1v) is 7.12. The molecular formula is C16H17BrN2O. The van der Waals surface area contributed by atoms with E-state index in [1.54, 1.807) is 30.1 Å². The van der Waals surface area contributed by atoms with Gasteiger partial charge < -0.3 is 10.6 Å². The number of hydrogen-bond donors (Lipinski definition) is 1. The van der Waals surface area contributed by atoms with Crippen LogP contribution in [0.15, 0.2) is 46.9 Å². The minimum absolute atomic E-state index is 0.0421. The molecule has 0 unspecified atom stereocenters. The Bertz CT molecular complexity index is 620. The van der Waals surface area contributed by atoms with Gasteiger partial charge in [-0.2, -0.15) is 0 Å². The molecule has 2 rings (SSSR count). The third-order valence-corrected chi connectivity index (χ3v) is 3.47. The van der Waals surface area contributed by atoms with E-state index in [4.69, 9.17) is 5.73 Å². The maximum Gasteiger partial charge on any atom is 0.254 e. The van der Waals surface area contributed by atoms with Crippen molar-refractivity contribution in [1.82, 2.24) is 4.90 Å². The van der Waals surface area contributed by atoms with Gasteiger partial charge in [0.15, 0.2) is 0 Å². The molecule has 4 heteroatoms. The third-order valence-electron chi connectivity index (χ3n) is 3.02. The second-order valence-electron chi connectivity index (χ2n) is 4.92. The fraction of sp³-hybridized carbons (Fsp3) is 0.188. The molecule has 0 fully saturated rings. The van der Waals surface area contributed by atoms with Gasteiger partial charge in [-0.25, -0.2) is 0 Å². The molecule has 0 radical (unpaired) electrons. The van der Waals surface area contributed by atoms with Crippen LogP contribution in [0, 0.1) is 6.92 Å². The summed E-state index contributed by atoms with van der Waals surface area (Å²) in [5, 5.41) is 0. The van der Waals surface area contributed by atoms with Gasteiger partial charge in [0.25, 0.3) is 5.91 Å². The van der Waals surface area contributed by atoms with Crippen molar-refractivity contribution in [3.8, 4) is 0 Å². The van der Waals surface area contributed by atoms with E-state index in [-0.39, 0.29) is 5.91 Å². The van der Waals surface area contributed by atoms with E-state index in [0.717, 1.165) is 10.0 Å². The molecule has 2 aromatic carbocycles. The Morgan fingerprint density at radius 1 is 1.25 bits per heavy atom. The molecule has 2 N–H and O–H groups in total. The molecule has 0 bridgehead atoms. The zero-order valence-electron chi connectivity index (χ0n) is 11.6. The van der Waals surface area contributed by atoms with Crippen molar-refractivity contribution in [2.75, 3.05) is 12.8 Å². The van der Waals surface area contributed by atoms with E-state index in [1.807, 2.05) is 25.1 Å². The highest BCUT2D eigenvalue weighted by Crippen LogP contribution is 2.19. The molecule has 0 aliphatic carbocycles. The lowest BCUT2D eigenvalue weighted by Crippen LogP contribution is -2.26. The molecule has 0 saturated heterocycles. The van der Waals surface area contributed by atoms with Gasteiger partial charge in [-0.05, 0) is 30.7 Å². The maximum absolute atomic E-state index is 12.4. The van der Waals surface area contributed by atoms with Crippen molar-refractivity contribution in [2.45, 2.75) is 13.5 Å². The van der Waals surface area contributed by atoms with Gasteiger partial charge in [0.1, 0.15) is 0 Å². The van der Waals surface area contributed by atoms with Gasteiger partial charge in [-0.15, -0.1) is 0 Å². The standard InChI is InChI=1S/C16H17BrN2O/c1-11-4-3-5-12(6-11)10-19(2)16(20)13-7-14(17)9-15(18)8-13/h3-9H,10,18H2,1-2H3. The Morgan fingerprint density at radius 3 is 2.65 bits per heavy atom. The van der Waals surface area contributed by atoms with E-state index in [2.05, 4.69) is 22.0 Å². The summed E-state index contributed by atoms with van der Waals surface area (Å²) in [4.78, 5) is 14.1. The average molecular weight is 333 g/mol. The lowest BCUT2D eigenvalue weighted by atomic mass is 10.1. The predicted octanol–water partition coefficient (Wildman–Crippen LogP) is 3.61. The summed E-state index contributed by atoms with van der Waals surface area (Å²) < 4.78 is 0.810. The van der Waals surface area contributed by atoms with Crippen molar-refractivity contribution in [3.63, 3.8) is 0 Å². The van der Waals surface area contributed by atoms with Crippen LogP contribution in [0.4, 0.5) is 5.69 Å². The molecular weight excluding hydrogens is 316 g/mol. The first-order chi connectivity index (χ1) is 9.45. The van der Waals surface area contributed by atoms with E-state index in [1.165, 1.54) is 5.56 Å². The zero-order chi connectivity index (χ0) is 14.7. The Kier molecular flexibility index (Phi) is 4.45. The third kappa shape index (κ3) is 3.61. The average Bonchev–Trinajstić information content (AvgIpc) is 2.36. The van der Waals surface area contributed by atoms with Crippen LogP contribution in [-0.4, -0.2) is 17.9 Å². The second kappa shape index (κ2) is 6.09. The lowest BCUT2D eigenvalue weighted by Gasteiger charge is -2.18. The molecule has 104 valence electrons.